The third kappa shape index (κ3) is 3.05. The highest BCUT2D eigenvalue weighted by Gasteiger charge is 1.99. The van der Waals surface area contributed by atoms with E-state index in [1.165, 1.54) is 13.1 Å². The van der Waals surface area contributed by atoms with Crippen LogP contribution in [0.2, 0.25) is 0 Å². The highest BCUT2D eigenvalue weighted by molar-refractivity contribution is 5.93. The zero-order valence-electron chi connectivity index (χ0n) is 8.56. The molecule has 0 atom stereocenters. The van der Waals surface area contributed by atoms with Gasteiger partial charge in [0.2, 0.25) is 0 Å². The third-order valence-corrected chi connectivity index (χ3v) is 1.55. The van der Waals surface area contributed by atoms with Gasteiger partial charge in [0.1, 0.15) is 0 Å². The number of Topliss-reactive ketones (excluding diaryl/α,β-unsaturated/α-hetero) is 1. The van der Waals surface area contributed by atoms with Crippen LogP contribution in [0.1, 0.15) is 31.1 Å². The average molecular weight is 191 g/mol. The molecule has 0 bridgehead atoms. The summed E-state index contributed by atoms with van der Waals surface area (Å²) >= 11 is 0. The minimum absolute atomic E-state index is 0.00449. The molecule has 4 nitrogen and oxygen atoms in total. The van der Waals surface area contributed by atoms with E-state index in [0.29, 0.717) is 11.4 Å². The highest BCUT2D eigenvalue weighted by atomic mass is 16.1. The van der Waals surface area contributed by atoms with Crippen molar-refractivity contribution in [3.63, 3.8) is 0 Å². The molecule has 0 saturated carbocycles. The van der Waals surface area contributed by atoms with Crippen molar-refractivity contribution in [2.24, 2.45) is 10.2 Å². The molecular weight excluding hydrogens is 178 g/mol. The fraction of sp³-hybridized carbons (Fsp3) is 0.400. The topological polar surface area (TPSA) is 54.7 Å². The largest absolute Gasteiger partial charge is 0.294 e. The normalized spacial score (nSPS) is 11.1. The number of ketones is 1. The summed E-state index contributed by atoms with van der Waals surface area (Å²) in [5.74, 6) is 0.536. The molecule has 0 aliphatic rings. The molecule has 0 unspecified atom stereocenters. The molecule has 0 amide bonds. The molecular formula is C10H13N3O. The van der Waals surface area contributed by atoms with Crippen LogP contribution in [0.5, 0.6) is 0 Å². The minimum atomic E-state index is 0.00449. The first-order chi connectivity index (χ1) is 6.59. The molecule has 1 aromatic heterocycles. The van der Waals surface area contributed by atoms with Gasteiger partial charge in [0.25, 0.3) is 0 Å². The fourth-order valence-corrected chi connectivity index (χ4v) is 0.828. The summed E-state index contributed by atoms with van der Waals surface area (Å²) in [4.78, 5) is 14.9. The van der Waals surface area contributed by atoms with Crippen LogP contribution in [0.15, 0.2) is 28.6 Å². The smallest absolute Gasteiger partial charge is 0.173 e. The van der Waals surface area contributed by atoms with E-state index in [0.717, 1.165) is 0 Å². The first-order valence-corrected chi connectivity index (χ1v) is 4.47. The maximum Gasteiger partial charge on any atom is 0.173 e. The van der Waals surface area contributed by atoms with Gasteiger partial charge in [-0.1, -0.05) is 0 Å². The van der Waals surface area contributed by atoms with Crippen molar-refractivity contribution in [2.45, 2.75) is 26.8 Å². The number of pyridine rings is 1. The van der Waals surface area contributed by atoms with Crippen LogP contribution in [0.3, 0.4) is 0 Å². The predicted octanol–water partition coefficient (Wildman–Crippen LogP) is 2.78. The van der Waals surface area contributed by atoms with Crippen molar-refractivity contribution in [3.8, 4) is 0 Å². The molecule has 14 heavy (non-hydrogen) atoms. The quantitative estimate of drug-likeness (QED) is 0.544. The number of azo groups is 1. The lowest BCUT2D eigenvalue weighted by Gasteiger charge is -1.96. The second kappa shape index (κ2) is 4.60. The molecule has 0 radical (unpaired) electrons. The summed E-state index contributed by atoms with van der Waals surface area (Å²) in [5.41, 5.74) is 0.591. The van der Waals surface area contributed by atoms with E-state index in [9.17, 15) is 4.79 Å². The lowest BCUT2D eigenvalue weighted by molar-refractivity contribution is 0.101. The molecule has 1 heterocycles. The molecule has 0 spiro atoms. The fourth-order valence-electron chi connectivity index (χ4n) is 0.828. The summed E-state index contributed by atoms with van der Waals surface area (Å²) in [6, 6.07) is 3.54. The van der Waals surface area contributed by atoms with Crippen molar-refractivity contribution in [1.29, 1.82) is 0 Å². The van der Waals surface area contributed by atoms with Gasteiger partial charge in [0.15, 0.2) is 11.6 Å². The third-order valence-electron chi connectivity index (χ3n) is 1.55. The number of hydrogen-bond donors (Lipinski definition) is 0. The lowest BCUT2D eigenvalue weighted by atomic mass is 10.2. The standard InChI is InChI=1S/C10H13N3O/c1-7(2)12-13-10-5-4-9(6-11-10)8(3)14/h4-7H,1-3H3. The van der Waals surface area contributed by atoms with Crippen LogP contribution in [0.25, 0.3) is 0 Å². The van der Waals surface area contributed by atoms with E-state index >= 15 is 0 Å². The Labute approximate surface area is 83.1 Å². The molecule has 0 fully saturated rings. The van der Waals surface area contributed by atoms with Gasteiger partial charge >= 0.3 is 0 Å². The minimum Gasteiger partial charge on any atom is -0.294 e. The second-order valence-corrected chi connectivity index (χ2v) is 3.27. The molecule has 0 aliphatic heterocycles. The zero-order valence-corrected chi connectivity index (χ0v) is 8.56. The number of rotatable bonds is 3. The first-order valence-electron chi connectivity index (χ1n) is 4.47. The summed E-state index contributed by atoms with van der Waals surface area (Å²) in [5, 5.41) is 7.86. The van der Waals surface area contributed by atoms with Gasteiger partial charge < -0.3 is 0 Å². The monoisotopic (exact) mass is 191 g/mol. The second-order valence-electron chi connectivity index (χ2n) is 3.27. The number of hydrogen-bond acceptors (Lipinski definition) is 4. The van der Waals surface area contributed by atoms with Crippen molar-refractivity contribution in [3.05, 3.63) is 23.9 Å². The van der Waals surface area contributed by atoms with Crippen molar-refractivity contribution >= 4 is 11.6 Å². The predicted molar refractivity (Wildman–Crippen MR) is 53.9 cm³/mol. The Morgan fingerprint density at radius 3 is 2.57 bits per heavy atom. The van der Waals surface area contributed by atoms with E-state index in [2.05, 4.69) is 15.2 Å². The van der Waals surface area contributed by atoms with E-state index in [1.807, 2.05) is 13.8 Å². The molecule has 0 N–H and O–H groups in total. The van der Waals surface area contributed by atoms with Crippen molar-refractivity contribution < 1.29 is 4.79 Å². The van der Waals surface area contributed by atoms with Crippen LogP contribution >= 0.6 is 0 Å². The van der Waals surface area contributed by atoms with Crippen LogP contribution < -0.4 is 0 Å². The molecule has 1 rings (SSSR count). The van der Waals surface area contributed by atoms with Gasteiger partial charge in [-0.05, 0) is 32.9 Å². The van der Waals surface area contributed by atoms with Crippen molar-refractivity contribution in [1.82, 2.24) is 4.98 Å². The SMILES string of the molecule is CC(=O)c1ccc(N=NC(C)C)nc1. The zero-order chi connectivity index (χ0) is 10.6. The summed E-state index contributed by atoms with van der Waals surface area (Å²) in [6.45, 7) is 5.38. The van der Waals surface area contributed by atoms with Gasteiger partial charge in [-0.25, -0.2) is 4.98 Å². The Morgan fingerprint density at radius 2 is 2.14 bits per heavy atom. The van der Waals surface area contributed by atoms with Gasteiger partial charge in [-0.15, -0.1) is 5.11 Å². The Hall–Kier alpha value is -1.58. The maximum absolute atomic E-state index is 10.9. The number of carbonyl (C=O) groups excluding carboxylic acids is 1. The average Bonchev–Trinajstić information content (AvgIpc) is 2.15. The number of carbonyl (C=O) groups is 1. The maximum atomic E-state index is 10.9. The Morgan fingerprint density at radius 1 is 1.43 bits per heavy atom. The molecule has 0 saturated heterocycles. The van der Waals surface area contributed by atoms with E-state index in [-0.39, 0.29) is 11.8 Å². The van der Waals surface area contributed by atoms with E-state index in [1.54, 1.807) is 12.1 Å². The summed E-state index contributed by atoms with van der Waals surface area (Å²) in [6.07, 6.45) is 1.51. The number of aromatic nitrogens is 1. The van der Waals surface area contributed by atoms with Crippen LogP contribution in [-0.4, -0.2) is 16.8 Å². The van der Waals surface area contributed by atoms with Gasteiger partial charge in [-0.2, -0.15) is 5.11 Å². The Balaban J connectivity index is 2.78. The van der Waals surface area contributed by atoms with Gasteiger partial charge in [0.05, 0.1) is 6.04 Å². The van der Waals surface area contributed by atoms with Crippen LogP contribution in [0.4, 0.5) is 5.82 Å². The molecule has 0 aromatic carbocycles. The molecule has 0 aliphatic carbocycles. The number of nitrogens with zero attached hydrogens (tertiary/aromatic N) is 3. The molecule has 1 aromatic rings. The van der Waals surface area contributed by atoms with Gasteiger partial charge in [-0.3, -0.25) is 4.79 Å². The summed E-state index contributed by atoms with van der Waals surface area (Å²) < 4.78 is 0. The molecule has 74 valence electrons. The van der Waals surface area contributed by atoms with E-state index < -0.39 is 0 Å². The summed E-state index contributed by atoms with van der Waals surface area (Å²) in [7, 11) is 0. The van der Waals surface area contributed by atoms with Gasteiger partial charge in [0, 0.05) is 11.8 Å². The Kier molecular flexibility index (Phi) is 3.45. The van der Waals surface area contributed by atoms with Crippen LogP contribution in [0, 0.1) is 0 Å². The van der Waals surface area contributed by atoms with E-state index in [4.69, 9.17) is 0 Å². The lowest BCUT2D eigenvalue weighted by Crippen LogP contribution is -1.91. The van der Waals surface area contributed by atoms with Crippen molar-refractivity contribution in [2.75, 3.05) is 0 Å². The Bertz CT molecular complexity index is 341. The first kappa shape index (κ1) is 10.5. The molecule has 4 heteroatoms. The van der Waals surface area contributed by atoms with Crippen LogP contribution in [-0.2, 0) is 0 Å². The highest BCUT2D eigenvalue weighted by Crippen LogP contribution is 2.10.